The molecule has 0 saturated carbocycles. The van der Waals surface area contributed by atoms with E-state index in [1.165, 1.54) is 12.3 Å². The molecule has 0 bridgehead atoms. The van der Waals surface area contributed by atoms with Gasteiger partial charge in [-0.15, -0.1) is 0 Å². The van der Waals surface area contributed by atoms with Crippen LogP contribution in [0.2, 0.25) is 5.02 Å². The van der Waals surface area contributed by atoms with Crippen molar-refractivity contribution in [2.45, 2.75) is 37.6 Å². The summed E-state index contributed by atoms with van der Waals surface area (Å²) in [6.07, 6.45) is 6.17. The van der Waals surface area contributed by atoms with Crippen molar-refractivity contribution in [3.05, 3.63) is 52.5 Å². The van der Waals surface area contributed by atoms with E-state index in [0.29, 0.717) is 41.0 Å². The molecular formula is C19H17ClFN5O2. The van der Waals surface area contributed by atoms with Crippen molar-refractivity contribution in [3.63, 3.8) is 0 Å². The molecule has 7 nitrogen and oxygen atoms in total. The third-order valence-electron chi connectivity index (χ3n) is 5.58. The van der Waals surface area contributed by atoms with Crippen molar-refractivity contribution in [1.82, 2.24) is 25.0 Å². The Morgan fingerprint density at radius 2 is 2.18 bits per heavy atom. The van der Waals surface area contributed by atoms with Gasteiger partial charge in [-0.3, -0.25) is 4.79 Å². The number of piperidine rings is 1. The maximum absolute atomic E-state index is 13.5. The van der Waals surface area contributed by atoms with Gasteiger partial charge >= 0.3 is 0 Å². The van der Waals surface area contributed by atoms with Crippen molar-refractivity contribution in [2.75, 3.05) is 6.54 Å². The van der Waals surface area contributed by atoms with Gasteiger partial charge in [0.25, 0.3) is 5.91 Å². The van der Waals surface area contributed by atoms with Gasteiger partial charge in [0.05, 0.1) is 22.2 Å². The second-order valence-corrected chi connectivity index (χ2v) is 7.71. The Kier molecular flexibility index (Phi) is 4.16. The Hall–Kier alpha value is -2.74. The molecule has 3 aromatic heterocycles. The lowest BCUT2D eigenvalue weighted by Gasteiger charge is -2.37. The quantitative estimate of drug-likeness (QED) is 0.663. The summed E-state index contributed by atoms with van der Waals surface area (Å²) in [6.45, 7) is 0.493. The average molecular weight is 402 g/mol. The van der Waals surface area contributed by atoms with Crippen LogP contribution in [0.3, 0.4) is 0 Å². The van der Waals surface area contributed by atoms with E-state index in [1.54, 1.807) is 12.3 Å². The molecule has 2 atom stereocenters. The van der Waals surface area contributed by atoms with E-state index < -0.39 is 5.95 Å². The maximum Gasteiger partial charge on any atom is 0.255 e. The van der Waals surface area contributed by atoms with E-state index in [2.05, 4.69) is 20.1 Å². The van der Waals surface area contributed by atoms with Crippen LogP contribution in [-0.2, 0) is 6.42 Å². The van der Waals surface area contributed by atoms with Gasteiger partial charge in [0, 0.05) is 25.0 Å². The SMILES string of the molecule is O=C1c2cnc(F)cc2CC[C@@H]2CC[C@@H](c3nc(-c4cc(Cl)c[nH]4)no3)CN12. The van der Waals surface area contributed by atoms with Crippen LogP contribution in [0.25, 0.3) is 11.5 Å². The zero-order valence-corrected chi connectivity index (χ0v) is 15.6. The molecule has 5 heterocycles. The number of hydrogen-bond acceptors (Lipinski definition) is 5. The van der Waals surface area contributed by atoms with Gasteiger partial charge in [0.15, 0.2) is 0 Å². The molecule has 5 rings (SSSR count). The smallest absolute Gasteiger partial charge is 0.255 e. The van der Waals surface area contributed by atoms with Crippen LogP contribution < -0.4 is 0 Å². The standard InChI is InChI=1S/C19H17ClFN5O2/c20-12-6-15(22-7-12)17-24-18(28-25-17)11-2-4-13-3-1-10-5-16(21)23-8-14(10)19(27)26(13)9-11/h5-8,11,13,22H,1-4,9H2/t11-,13-/m1/s1. The molecule has 1 saturated heterocycles. The molecule has 28 heavy (non-hydrogen) atoms. The summed E-state index contributed by atoms with van der Waals surface area (Å²) < 4.78 is 19.0. The molecule has 1 amide bonds. The number of nitrogens with one attached hydrogen (secondary N) is 1. The first kappa shape index (κ1) is 17.4. The van der Waals surface area contributed by atoms with E-state index in [4.69, 9.17) is 16.1 Å². The Morgan fingerprint density at radius 3 is 3.00 bits per heavy atom. The zero-order valence-electron chi connectivity index (χ0n) is 14.9. The summed E-state index contributed by atoms with van der Waals surface area (Å²) >= 11 is 5.93. The number of aromatic nitrogens is 4. The number of amides is 1. The number of fused-ring (bicyclic) bond motifs is 2. The minimum atomic E-state index is -0.549. The second-order valence-electron chi connectivity index (χ2n) is 7.28. The Bertz CT molecular complexity index is 1050. The summed E-state index contributed by atoms with van der Waals surface area (Å²) in [5.41, 5.74) is 1.89. The van der Waals surface area contributed by atoms with Crippen LogP contribution in [0.15, 0.2) is 29.0 Å². The van der Waals surface area contributed by atoms with E-state index in [1.807, 2.05) is 4.90 Å². The van der Waals surface area contributed by atoms with Crippen molar-refractivity contribution in [2.24, 2.45) is 0 Å². The number of pyridine rings is 1. The number of nitrogens with zero attached hydrogens (tertiary/aromatic N) is 4. The van der Waals surface area contributed by atoms with Crippen LogP contribution >= 0.6 is 11.6 Å². The molecular weight excluding hydrogens is 385 g/mol. The van der Waals surface area contributed by atoms with Crippen molar-refractivity contribution < 1.29 is 13.7 Å². The third kappa shape index (κ3) is 2.97. The van der Waals surface area contributed by atoms with Gasteiger partial charge in [-0.2, -0.15) is 9.37 Å². The van der Waals surface area contributed by atoms with Gasteiger partial charge in [-0.25, -0.2) is 4.98 Å². The first-order valence-electron chi connectivity index (χ1n) is 9.22. The molecule has 1 N–H and O–H groups in total. The fourth-order valence-electron chi connectivity index (χ4n) is 4.13. The molecule has 2 aliphatic heterocycles. The number of aryl methyl sites for hydroxylation is 1. The number of hydrogen-bond donors (Lipinski definition) is 1. The summed E-state index contributed by atoms with van der Waals surface area (Å²) in [6, 6.07) is 3.23. The second kappa shape index (κ2) is 6.70. The molecule has 0 radical (unpaired) electrons. The molecule has 144 valence electrons. The van der Waals surface area contributed by atoms with Crippen molar-refractivity contribution in [3.8, 4) is 11.5 Å². The summed E-state index contributed by atoms with van der Waals surface area (Å²) in [4.78, 5) is 26.1. The normalized spacial score (nSPS) is 21.9. The van der Waals surface area contributed by atoms with E-state index >= 15 is 0 Å². The number of carbonyl (C=O) groups excluding carboxylic acids is 1. The van der Waals surface area contributed by atoms with Crippen LogP contribution in [0.4, 0.5) is 4.39 Å². The Morgan fingerprint density at radius 1 is 1.29 bits per heavy atom. The minimum absolute atomic E-state index is 0.0400. The topological polar surface area (TPSA) is 87.9 Å². The van der Waals surface area contributed by atoms with Crippen LogP contribution in [0.5, 0.6) is 0 Å². The van der Waals surface area contributed by atoms with Crippen molar-refractivity contribution in [1.29, 1.82) is 0 Å². The highest BCUT2D eigenvalue weighted by Gasteiger charge is 2.37. The summed E-state index contributed by atoms with van der Waals surface area (Å²) in [5.74, 6) is 0.254. The third-order valence-corrected chi connectivity index (χ3v) is 5.80. The highest BCUT2D eigenvalue weighted by atomic mass is 35.5. The van der Waals surface area contributed by atoms with Crippen molar-refractivity contribution >= 4 is 17.5 Å². The lowest BCUT2D eigenvalue weighted by Crippen LogP contribution is -2.45. The molecule has 1 fully saturated rings. The maximum atomic E-state index is 13.5. The monoisotopic (exact) mass is 401 g/mol. The van der Waals surface area contributed by atoms with Gasteiger partial charge < -0.3 is 14.4 Å². The van der Waals surface area contributed by atoms with Crippen LogP contribution in [0, 0.1) is 5.95 Å². The number of aromatic amines is 1. The first-order valence-corrected chi connectivity index (χ1v) is 9.59. The fraction of sp³-hybridized carbons (Fsp3) is 0.368. The molecule has 3 aromatic rings. The molecule has 0 unspecified atom stereocenters. The summed E-state index contributed by atoms with van der Waals surface area (Å²) in [7, 11) is 0. The lowest BCUT2D eigenvalue weighted by atomic mass is 9.90. The highest BCUT2D eigenvalue weighted by molar-refractivity contribution is 6.30. The molecule has 0 aliphatic carbocycles. The van der Waals surface area contributed by atoms with Gasteiger partial charge in [-0.1, -0.05) is 16.8 Å². The zero-order chi connectivity index (χ0) is 19.3. The molecule has 0 spiro atoms. The lowest BCUT2D eigenvalue weighted by molar-refractivity contribution is 0.0570. The van der Waals surface area contributed by atoms with Gasteiger partial charge in [0.1, 0.15) is 0 Å². The van der Waals surface area contributed by atoms with E-state index in [0.717, 1.165) is 24.8 Å². The van der Waals surface area contributed by atoms with Crippen LogP contribution in [-0.4, -0.2) is 43.5 Å². The fourth-order valence-corrected chi connectivity index (χ4v) is 4.29. The number of rotatable bonds is 2. The highest BCUT2D eigenvalue weighted by Crippen LogP contribution is 2.35. The largest absolute Gasteiger partial charge is 0.357 e. The number of carbonyl (C=O) groups is 1. The Balaban J connectivity index is 1.40. The van der Waals surface area contributed by atoms with E-state index in [9.17, 15) is 9.18 Å². The molecule has 0 aromatic carbocycles. The number of H-pyrrole nitrogens is 1. The molecule has 9 heteroatoms. The molecule has 2 aliphatic rings. The predicted octanol–water partition coefficient (Wildman–Crippen LogP) is 3.59. The van der Waals surface area contributed by atoms with Gasteiger partial charge in [-0.05, 0) is 43.4 Å². The van der Waals surface area contributed by atoms with Gasteiger partial charge in [0.2, 0.25) is 17.7 Å². The van der Waals surface area contributed by atoms with E-state index in [-0.39, 0.29) is 17.9 Å². The minimum Gasteiger partial charge on any atom is -0.357 e. The summed E-state index contributed by atoms with van der Waals surface area (Å²) in [5, 5.41) is 4.60. The van der Waals surface area contributed by atoms with Crippen LogP contribution in [0.1, 0.15) is 47.0 Å². The number of halogens is 2. The predicted molar refractivity (Wildman–Crippen MR) is 98.4 cm³/mol. The first-order chi connectivity index (χ1) is 13.6. The Labute approximate surface area is 164 Å². The average Bonchev–Trinajstić information content (AvgIpc) is 3.32.